The van der Waals surface area contributed by atoms with Crippen LogP contribution in [0.3, 0.4) is 0 Å². The summed E-state index contributed by atoms with van der Waals surface area (Å²) in [6.45, 7) is 0.603. The highest BCUT2D eigenvalue weighted by Gasteiger charge is 2.33. The van der Waals surface area contributed by atoms with E-state index in [0.29, 0.717) is 5.56 Å². The molecule has 0 atom stereocenters. The number of carbonyl (C=O) groups is 2. The number of hydrogen-bond acceptors (Lipinski definition) is 4. The second kappa shape index (κ2) is 4.71. The predicted octanol–water partition coefficient (Wildman–Crippen LogP) is -0.219. The van der Waals surface area contributed by atoms with Gasteiger partial charge in [0.2, 0.25) is 21.8 Å². The molecule has 1 heterocycles. The molecule has 2 amide bonds. The number of nitrogens with one attached hydrogen (secondary N) is 1. The average molecular weight is 286 g/mol. The number of carbonyl (C=O) groups excluding carboxylic acids is 2. The molecule has 0 unspecified atom stereocenters. The maximum Gasteiger partial charge on any atom is 0.244 e. The van der Waals surface area contributed by atoms with Gasteiger partial charge in [0.1, 0.15) is 5.82 Å². The van der Waals surface area contributed by atoms with Gasteiger partial charge >= 0.3 is 0 Å². The van der Waals surface area contributed by atoms with E-state index in [0.717, 1.165) is 16.4 Å². The first kappa shape index (κ1) is 13.6. The van der Waals surface area contributed by atoms with Crippen molar-refractivity contribution in [2.75, 3.05) is 13.1 Å². The van der Waals surface area contributed by atoms with Crippen LogP contribution in [0.25, 0.3) is 0 Å². The van der Waals surface area contributed by atoms with E-state index < -0.39 is 40.7 Å². The Morgan fingerprint density at radius 1 is 1.21 bits per heavy atom. The molecule has 0 spiro atoms. The summed E-state index contributed by atoms with van der Waals surface area (Å²) in [6, 6.07) is 3.35. The average Bonchev–Trinajstić information content (AvgIpc) is 2.31. The van der Waals surface area contributed by atoms with E-state index in [-0.39, 0.29) is 4.90 Å². The fourth-order valence-electron chi connectivity index (χ4n) is 1.77. The zero-order valence-electron chi connectivity index (χ0n) is 10.0. The number of halogens is 1. The lowest BCUT2D eigenvalue weighted by molar-refractivity contribution is -0.134. The third-order valence-corrected chi connectivity index (χ3v) is 4.62. The van der Waals surface area contributed by atoms with E-state index >= 15 is 0 Å². The SMILES string of the molecule is Cc1ccc(F)cc1S(=O)(=O)N1CC(=O)NC(=O)C1. The van der Waals surface area contributed by atoms with Crippen LogP contribution in [0.5, 0.6) is 0 Å². The van der Waals surface area contributed by atoms with Crippen LogP contribution in [-0.4, -0.2) is 37.6 Å². The first-order chi connectivity index (χ1) is 8.80. The molecule has 1 saturated heterocycles. The van der Waals surface area contributed by atoms with E-state index in [2.05, 4.69) is 0 Å². The van der Waals surface area contributed by atoms with E-state index in [1.54, 1.807) is 0 Å². The third-order valence-electron chi connectivity index (χ3n) is 2.69. The van der Waals surface area contributed by atoms with Gasteiger partial charge in [-0.1, -0.05) is 6.07 Å². The predicted molar refractivity (Wildman–Crippen MR) is 63.0 cm³/mol. The van der Waals surface area contributed by atoms with Crippen LogP contribution in [-0.2, 0) is 19.6 Å². The maximum atomic E-state index is 13.2. The summed E-state index contributed by atoms with van der Waals surface area (Å²) in [4.78, 5) is 22.2. The molecular formula is C11H11FN2O4S. The first-order valence-electron chi connectivity index (χ1n) is 5.39. The van der Waals surface area contributed by atoms with Gasteiger partial charge in [-0.3, -0.25) is 14.9 Å². The Morgan fingerprint density at radius 3 is 2.37 bits per heavy atom. The standard InChI is InChI=1S/C11H11FN2O4S/c1-7-2-3-8(12)4-9(7)19(17,18)14-5-10(15)13-11(16)6-14/h2-4H,5-6H2,1H3,(H,13,15,16). The van der Waals surface area contributed by atoms with E-state index in [4.69, 9.17) is 0 Å². The van der Waals surface area contributed by atoms with Crippen LogP contribution in [0.2, 0.25) is 0 Å². The number of imide groups is 1. The number of nitrogens with zero attached hydrogens (tertiary/aromatic N) is 1. The Bertz CT molecular complexity index is 641. The lowest BCUT2D eigenvalue weighted by atomic mass is 10.2. The Hall–Kier alpha value is -1.80. The number of piperazine rings is 1. The van der Waals surface area contributed by atoms with Crippen LogP contribution >= 0.6 is 0 Å². The number of hydrogen-bond donors (Lipinski definition) is 1. The Labute approximate surface area is 109 Å². The molecule has 0 aliphatic carbocycles. The van der Waals surface area contributed by atoms with Crippen molar-refractivity contribution in [3.8, 4) is 0 Å². The number of rotatable bonds is 2. The molecule has 8 heteroatoms. The van der Waals surface area contributed by atoms with Gasteiger partial charge in [-0.2, -0.15) is 4.31 Å². The summed E-state index contributed by atoms with van der Waals surface area (Å²) < 4.78 is 38.5. The molecule has 0 radical (unpaired) electrons. The Morgan fingerprint density at radius 2 is 1.79 bits per heavy atom. The zero-order valence-corrected chi connectivity index (χ0v) is 10.8. The molecule has 1 aromatic rings. The summed E-state index contributed by atoms with van der Waals surface area (Å²) in [5, 5.41) is 2.00. The van der Waals surface area contributed by atoms with Gasteiger partial charge in [0.15, 0.2) is 0 Å². The molecule has 0 saturated carbocycles. The van der Waals surface area contributed by atoms with Crippen LogP contribution in [0.4, 0.5) is 4.39 Å². The smallest absolute Gasteiger partial charge is 0.244 e. The second-order valence-electron chi connectivity index (χ2n) is 4.15. The highest BCUT2D eigenvalue weighted by atomic mass is 32.2. The summed E-state index contributed by atoms with van der Waals surface area (Å²) in [7, 11) is -4.07. The van der Waals surface area contributed by atoms with Crippen LogP contribution in [0, 0.1) is 12.7 Å². The van der Waals surface area contributed by atoms with Crippen LogP contribution < -0.4 is 5.32 Å². The van der Waals surface area contributed by atoms with Crippen molar-refractivity contribution < 1.29 is 22.4 Å². The molecule has 1 aliphatic rings. The highest BCUT2D eigenvalue weighted by molar-refractivity contribution is 7.89. The summed E-state index contributed by atoms with van der Waals surface area (Å²) in [6.07, 6.45) is 0. The minimum atomic E-state index is -4.07. The minimum Gasteiger partial charge on any atom is -0.294 e. The molecule has 1 N–H and O–H groups in total. The van der Waals surface area contributed by atoms with Gasteiger partial charge in [-0.15, -0.1) is 0 Å². The number of aryl methyl sites for hydroxylation is 1. The van der Waals surface area contributed by atoms with Gasteiger partial charge in [-0.25, -0.2) is 12.8 Å². The third kappa shape index (κ3) is 2.64. The molecule has 19 heavy (non-hydrogen) atoms. The fourth-order valence-corrected chi connectivity index (χ4v) is 3.36. The van der Waals surface area contributed by atoms with E-state index in [9.17, 15) is 22.4 Å². The van der Waals surface area contributed by atoms with Crippen molar-refractivity contribution >= 4 is 21.8 Å². The van der Waals surface area contributed by atoms with Gasteiger partial charge in [-0.05, 0) is 24.6 Å². The first-order valence-corrected chi connectivity index (χ1v) is 6.83. The van der Waals surface area contributed by atoms with Gasteiger partial charge in [0.05, 0.1) is 18.0 Å². The zero-order chi connectivity index (χ0) is 14.2. The topological polar surface area (TPSA) is 83.6 Å². The molecule has 1 aromatic carbocycles. The molecule has 0 aromatic heterocycles. The van der Waals surface area contributed by atoms with Crippen molar-refractivity contribution in [2.45, 2.75) is 11.8 Å². The largest absolute Gasteiger partial charge is 0.294 e. The molecule has 0 bridgehead atoms. The van der Waals surface area contributed by atoms with E-state index in [1.807, 2.05) is 5.32 Å². The van der Waals surface area contributed by atoms with Gasteiger partial charge in [0.25, 0.3) is 0 Å². The maximum absolute atomic E-state index is 13.2. The lowest BCUT2D eigenvalue weighted by Crippen LogP contribution is -2.53. The summed E-state index contributed by atoms with van der Waals surface area (Å²) >= 11 is 0. The van der Waals surface area contributed by atoms with E-state index in [1.165, 1.54) is 13.0 Å². The van der Waals surface area contributed by atoms with Gasteiger partial charge < -0.3 is 0 Å². The molecule has 2 rings (SSSR count). The van der Waals surface area contributed by atoms with Gasteiger partial charge in [0, 0.05) is 0 Å². The number of benzene rings is 1. The number of sulfonamides is 1. The Balaban J connectivity index is 2.44. The molecule has 1 aliphatic heterocycles. The molecule has 102 valence electrons. The molecule has 6 nitrogen and oxygen atoms in total. The molecule has 1 fully saturated rings. The van der Waals surface area contributed by atoms with Crippen molar-refractivity contribution in [1.29, 1.82) is 0 Å². The Kier molecular flexibility index (Phi) is 3.38. The van der Waals surface area contributed by atoms with Crippen LogP contribution in [0.15, 0.2) is 23.1 Å². The van der Waals surface area contributed by atoms with Crippen molar-refractivity contribution in [1.82, 2.24) is 9.62 Å². The summed E-state index contributed by atoms with van der Waals surface area (Å²) in [5.74, 6) is -2.10. The fraction of sp³-hybridized carbons (Fsp3) is 0.273. The summed E-state index contributed by atoms with van der Waals surface area (Å²) in [5.41, 5.74) is 0.347. The second-order valence-corrected chi connectivity index (χ2v) is 6.06. The number of amides is 2. The quantitative estimate of drug-likeness (QED) is 0.762. The normalized spacial score (nSPS) is 17.4. The van der Waals surface area contributed by atoms with Crippen molar-refractivity contribution in [2.24, 2.45) is 0 Å². The van der Waals surface area contributed by atoms with Crippen LogP contribution in [0.1, 0.15) is 5.56 Å². The highest BCUT2D eigenvalue weighted by Crippen LogP contribution is 2.21. The minimum absolute atomic E-state index is 0.241. The lowest BCUT2D eigenvalue weighted by Gasteiger charge is -2.25. The monoisotopic (exact) mass is 286 g/mol. The van der Waals surface area contributed by atoms with Crippen molar-refractivity contribution in [3.05, 3.63) is 29.6 Å². The molecular weight excluding hydrogens is 275 g/mol. The van der Waals surface area contributed by atoms with Crippen molar-refractivity contribution in [3.63, 3.8) is 0 Å².